The summed E-state index contributed by atoms with van der Waals surface area (Å²) in [4.78, 5) is 34.6. The van der Waals surface area contributed by atoms with Crippen molar-refractivity contribution in [1.29, 1.82) is 0 Å². The van der Waals surface area contributed by atoms with Crippen molar-refractivity contribution in [1.82, 2.24) is 0 Å². The number of halogens is 1. The molecule has 2 aromatic rings. The fraction of sp³-hybridized carbons (Fsp3) is 0.176. The van der Waals surface area contributed by atoms with E-state index < -0.39 is 34.3 Å². The number of nitro groups is 1. The summed E-state index contributed by atoms with van der Waals surface area (Å²) < 4.78 is 18.0. The van der Waals surface area contributed by atoms with Crippen LogP contribution >= 0.6 is 11.8 Å². The zero-order valence-electron chi connectivity index (χ0n) is 13.2. The van der Waals surface area contributed by atoms with Crippen LogP contribution in [0.3, 0.4) is 0 Å². The van der Waals surface area contributed by atoms with Crippen molar-refractivity contribution >= 4 is 29.2 Å². The summed E-state index contributed by atoms with van der Waals surface area (Å²) >= 11 is 1.15. The normalized spacial score (nSPS) is 11.6. The zero-order chi connectivity index (χ0) is 18.4. The summed E-state index contributed by atoms with van der Waals surface area (Å²) in [6.07, 6.45) is 0. The molecular weight excluding hydrogens is 349 g/mol. The number of carbonyl (C=O) groups excluding carboxylic acids is 2. The highest BCUT2D eigenvalue weighted by Gasteiger charge is 2.18. The lowest BCUT2D eigenvalue weighted by Gasteiger charge is -2.11. The molecule has 8 heteroatoms. The lowest BCUT2D eigenvalue weighted by molar-refractivity contribution is -0.384. The maximum absolute atomic E-state index is 13.1. The molecule has 0 saturated carbocycles. The molecule has 0 spiro atoms. The number of ether oxygens (including phenoxy) is 1. The Bertz CT molecular complexity index is 794. The molecule has 0 aliphatic rings. The van der Waals surface area contributed by atoms with Crippen molar-refractivity contribution in [2.75, 3.05) is 6.61 Å². The number of nitro benzene ring substituents is 1. The first-order valence-corrected chi connectivity index (χ1v) is 8.11. The zero-order valence-corrected chi connectivity index (χ0v) is 14.0. The molecule has 0 aliphatic carbocycles. The highest BCUT2D eigenvalue weighted by atomic mass is 32.2. The van der Waals surface area contributed by atoms with Crippen LogP contribution in [0.5, 0.6) is 0 Å². The molecule has 2 rings (SSSR count). The van der Waals surface area contributed by atoms with Crippen LogP contribution in [0.15, 0.2) is 53.4 Å². The van der Waals surface area contributed by atoms with Gasteiger partial charge in [-0.3, -0.25) is 19.7 Å². The van der Waals surface area contributed by atoms with E-state index in [1.54, 1.807) is 6.92 Å². The molecule has 0 N–H and O–H groups in total. The van der Waals surface area contributed by atoms with Crippen LogP contribution < -0.4 is 0 Å². The minimum atomic E-state index is -0.609. The second-order valence-electron chi connectivity index (χ2n) is 5.05. The Balaban J connectivity index is 1.87. The van der Waals surface area contributed by atoms with Crippen LogP contribution in [0.25, 0.3) is 0 Å². The number of rotatable bonds is 7. The molecule has 0 aliphatic heterocycles. The SMILES string of the molecule is C[C@H](Sc1ccc([N+](=O)[O-])cc1)C(=O)OCC(=O)c1cccc(F)c1. The molecule has 0 radical (unpaired) electrons. The summed E-state index contributed by atoms with van der Waals surface area (Å²) in [5.41, 5.74) is 0.0868. The number of thioether (sulfide) groups is 1. The Morgan fingerprint density at radius 3 is 2.52 bits per heavy atom. The summed E-state index contributed by atoms with van der Waals surface area (Å²) in [5, 5.41) is 9.99. The Morgan fingerprint density at radius 1 is 1.24 bits per heavy atom. The van der Waals surface area contributed by atoms with Crippen molar-refractivity contribution in [3.63, 3.8) is 0 Å². The Labute approximate surface area is 147 Å². The fourth-order valence-corrected chi connectivity index (χ4v) is 2.76. The van der Waals surface area contributed by atoms with Gasteiger partial charge in [0.1, 0.15) is 11.1 Å². The van der Waals surface area contributed by atoms with E-state index >= 15 is 0 Å². The molecule has 6 nitrogen and oxygen atoms in total. The van der Waals surface area contributed by atoms with Gasteiger partial charge in [-0.05, 0) is 31.2 Å². The number of hydrogen-bond acceptors (Lipinski definition) is 6. The molecule has 0 fully saturated rings. The van der Waals surface area contributed by atoms with Crippen LogP contribution in [-0.4, -0.2) is 28.5 Å². The molecule has 0 heterocycles. The van der Waals surface area contributed by atoms with Gasteiger partial charge < -0.3 is 4.74 Å². The van der Waals surface area contributed by atoms with Crippen molar-refractivity contribution < 1.29 is 23.6 Å². The number of esters is 1. The van der Waals surface area contributed by atoms with Crippen LogP contribution in [0.2, 0.25) is 0 Å². The van der Waals surface area contributed by atoms with Crippen LogP contribution in [-0.2, 0) is 9.53 Å². The highest BCUT2D eigenvalue weighted by Crippen LogP contribution is 2.26. The van der Waals surface area contributed by atoms with E-state index in [2.05, 4.69) is 0 Å². The average molecular weight is 363 g/mol. The van der Waals surface area contributed by atoms with Gasteiger partial charge in [0.15, 0.2) is 12.4 Å². The second kappa shape index (κ2) is 8.39. The molecule has 0 aromatic heterocycles. The number of nitrogens with zero attached hydrogens (tertiary/aromatic N) is 1. The van der Waals surface area contributed by atoms with Gasteiger partial charge in [-0.15, -0.1) is 11.8 Å². The average Bonchev–Trinajstić information content (AvgIpc) is 2.59. The number of non-ortho nitro benzene ring substituents is 1. The lowest BCUT2D eigenvalue weighted by atomic mass is 10.1. The van der Waals surface area contributed by atoms with Gasteiger partial charge in [0.2, 0.25) is 0 Å². The third-order valence-electron chi connectivity index (χ3n) is 3.18. The summed E-state index contributed by atoms with van der Waals surface area (Å²) in [6.45, 7) is 1.12. The van der Waals surface area contributed by atoms with Crippen LogP contribution in [0, 0.1) is 15.9 Å². The van der Waals surface area contributed by atoms with Gasteiger partial charge in [0.05, 0.1) is 4.92 Å². The standard InChI is InChI=1S/C17H14FNO5S/c1-11(25-15-7-5-14(6-8-15)19(22)23)17(21)24-10-16(20)12-3-2-4-13(18)9-12/h2-9,11H,10H2,1H3/t11-/m0/s1. The van der Waals surface area contributed by atoms with E-state index in [1.165, 1.54) is 42.5 Å². The maximum atomic E-state index is 13.1. The Morgan fingerprint density at radius 2 is 1.92 bits per heavy atom. The number of benzene rings is 2. The summed E-state index contributed by atoms with van der Waals surface area (Å²) in [5.74, 6) is -1.65. The van der Waals surface area contributed by atoms with Gasteiger partial charge in [0.25, 0.3) is 5.69 Å². The third kappa shape index (κ3) is 5.39. The number of ketones is 1. The van der Waals surface area contributed by atoms with Crippen LogP contribution in [0.4, 0.5) is 10.1 Å². The topological polar surface area (TPSA) is 86.5 Å². The van der Waals surface area contributed by atoms with E-state index in [0.29, 0.717) is 4.90 Å². The molecule has 0 bridgehead atoms. The maximum Gasteiger partial charge on any atom is 0.319 e. The molecule has 1 atom stereocenters. The Hall–Kier alpha value is -2.74. The van der Waals surface area contributed by atoms with Crippen molar-refractivity contribution in [2.24, 2.45) is 0 Å². The van der Waals surface area contributed by atoms with E-state index in [9.17, 15) is 24.1 Å². The predicted molar refractivity (Wildman–Crippen MR) is 90.1 cm³/mol. The first-order valence-electron chi connectivity index (χ1n) is 7.23. The second-order valence-corrected chi connectivity index (χ2v) is 6.47. The number of carbonyl (C=O) groups is 2. The third-order valence-corrected chi connectivity index (χ3v) is 4.27. The quantitative estimate of drug-likeness (QED) is 0.245. The molecule has 25 heavy (non-hydrogen) atoms. The van der Waals surface area contributed by atoms with Crippen molar-refractivity contribution in [3.8, 4) is 0 Å². The Kier molecular flexibility index (Phi) is 6.24. The smallest absolute Gasteiger partial charge is 0.319 e. The molecule has 0 unspecified atom stereocenters. The van der Waals surface area contributed by atoms with Crippen molar-refractivity contribution in [2.45, 2.75) is 17.1 Å². The lowest BCUT2D eigenvalue weighted by Crippen LogP contribution is -2.21. The van der Waals surface area contributed by atoms with E-state index in [-0.39, 0.29) is 11.3 Å². The van der Waals surface area contributed by atoms with E-state index in [4.69, 9.17) is 4.74 Å². The summed E-state index contributed by atoms with van der Waals surface area (Å²) in [7, 11) is 0. The predicted octanol–water partition coefficient (Wildman–Crippen LogP) is 3.64. The molecule has 130 valence electrons. The van der Waals surface area contributed by atoms with E-state index in [0.717, 1.165) is 17.8 Å². The van der Waals surface area contributed by atoms with Gasteiger partial charge in [-0.1, -0.05) is 12.1 Å². The van der Waals surface area contributed by atoms with Gasteiger partial charge in [0, 0.05) is 22.6 Å². The highest BCUT2D eigenvalue weighted by molar-refractivity contribution is 8.00. The summed E-state index contributed by atoms with van der Waals surface area (Å²) in [6, 6.07) is 10.9. The largest absolute Gasteiger partial charge is 0.456 e. The first kappa shape index (κ1) is 18.6. The van der Waals surface area contributed by atoms with Crippen LogP contribution in [0.1, 0.15) is 17.3 Å². The van der Waals surface area contributed by atoms with Crippen molar-refractivity contribution in [3.05, 3.63) is 70.0 Å². The van der Waals surface area contributed by atoms with Gasteiger partial charge in [-0.2, -0.15) is 0 Å². The van der Waals surface area contributed by atoms with E-state index in [1.807, 2.05) is 0 Å². The molecular formula is C17H14FNO5S. The van der Waals surface area contributed by atoms with Gasteiger partial charge in [-0.25, -0.2) is 4.39 Å². The fourth-order valence-electron chi connectivity index (χ4n) is 1.90. The monoisotopic (exact) mass is 363 g/mol. The molecule has 0 amide bonds. The number of hydrogen-bond donors (Lipinski definition) is 0. The van der Waals surface area contributed by atoms with Gasteiger partial charge >= 0.3 is 5.97 Å². The number of Topliss-reactive ketones (excluding diaryl/α,β-unsaturated/α-hetero) is 1. The minimum absolute atomic E-state index is 0.0414. The molecule has 0 saturated heterocycles. The minimum Gasteiger partial charge on any atom is -0.456 e. The first-order chi connectivity index (χ1) is 11.9. The molecule has 2 aromatic carbocycles.